The Morgan fingerprint density at radius 3 is 2.97 bits per heavy atom. The van der Waals surface area contributed by atoms with Crippen molar-refractivity contribution in [2.75, 3.05) is 32.2 Å². The number of hydrogen-bond acceptors (Lipinski definition) is 6. The Hall–Kier alpha value is -2.86. The Morgan fingerprint density at radius 1 is 1.26 bits per heavy atom. The van der Waals surface area contributed by atoms with Gasteiger partial charge in [0, 0.05) is 0 Å². The molecule has 8 nitrogen and oxygen atoms in total. The van der Waals surface area contributed by atoms with Gasteiger partial charge in [0.2, 0.25) is 0 Å². The molecule has 3 N–H and O–H groups in total. The fourth-order valence-corrected chi connectivity index (χ4v) is 6.36. The summed E-state index contributed by atoms with van der Waals surface area (Å²) in [6.07, 6.45) is 5.23. The molecule has 2 bridgehead atoms. The Morgan fingerprint density at radius 2 is 2.11 bits per heavy atom. The standard InChI is InChI=1S/C25H27FIN4O4/c1-14-7-10-34-19-13-28-9-6-15(19)21-23(30-18-5-3-4-16(26)24(18)33-2)20-22(31-21)17(12-29-25(20)32)27-35-11-8-14/h3-6,9,13-14,17,30-31H,7-8,10-12H2,1-2H3,(H,29,32)/q-1. The van der Waals surface area contributed by atoms with Gasteiger partial charge in [-0.2, -0.15) is 0 Å². The zero-order valence-electron chi connectivity index (χ0n) is 19.5. The van der Waals surface area contributed by atoms with E-state index in [-0.39, 0.29) is 15.6 Å². The molecule has 2 atom stereocenters. The van der Waals surface area contributed by atoms with E-state index in [1.54, 1.807) is 24.5 Å². The molecule has 35 heavy (non-hydrogen) atoms. The predicted octanol–water partition coefficient (Wildman–Crippen LogP) is 1.58. The van der Waals surface area contributed by atoms with Crippen LogP contribution in [0.15, 0.2) is 36.7 Å². The zero-order valence-corrected chi connectivity index (χ0v) is 21.6. The average Bonchev–Trinajstić information content (AvgIpc) is 3.23. The molecule has 2 aromatic heterocycles. The van der Waals surface area contributed by atoms with Crippen molar-refractivity contribution in [2.45, 2.75) is 23.7 Å². The number of carbonyl (C=O) groups is 1. The van der Waals surface area contributed by atoms with Crippen LogP contribution in [0.1, 0.15) is 39.7 Å². The minimum atomic E-state index is -0.679. The van der Waals surface area contributed by atoms with Crippen molar-refractivity contribution in [3.63, 3.8) is 0 Å². The molecule has 10 heteroatoms. The van der Waals surface area contributed by atoms with Crippen LogP contribution in [-0.2, 0) is 3.07 Å². The summed E-state index contributed by atoms with van der Waals surface area (Å²) in [5.41, 5.74) is 3.71. The maximum atomic E-state index is 14.5. The van der Waals surface area contributed by atoms with Crippen LogP contribution >= 0.6 is 0 Å². The molecule has 2 aliphatic heterocycles. The quantitative estimate of drug-likeness (QED) is 0.316. The first kappa shape index (κ1) is 23.9. The first-order valence-electron chi connectivity index (χ1n) is 11.5. The Kier molecular flexibility index (Phi) is 7.09. The molecule has 0 saturated heterocycles. The van der Waals surface area contributed by atoms with Gasteiger partial charge in [-0.1, -0.05) is 0 Å². The van der Waals surface area contributed by atoms with Crippen molar-refractivity contribution in [3.05, 3.63) is 53.7 Å². The van der Waals surface area contributed by atoms with E-state index in [0.717, 1.165) is 24.1 Å². The fraction of sp³-hybridized carbons (Fsp3) is 0.360. The molecule has 5 rings (SSSR count). The number of amides is 1. The second kappa shape index (κ2) is 10.4. The number of pyridine rings is 1. The van der Waals surface area contributed by atoms with Gasteiger partial charge >= 0.3 is 214 Å². The van der Waals surface area contributed by atoms with Gasteiger partial charge in [0.15, 0.2) is 0 Å². The number of aromatic amines is 1. The molecule has 2 aliphatic rings. The van der Waals surface area contributed by atoms with Gasteiger partial charge in [0.05, 0.1) is 0 Å². The molecule has 2 unspecified atom stereocenters. The molecule has 1 aromatic carbocycles. The van der Waals surface area contributed by atoms with Crippen molar-refractivity contribution in [3.8, 4) is 22.8 Å². The van der Waals surface area contributed by atoms with Crippen molar-refractivity contribution in [1.82, 2.24) is 15.3 Å². The van der Waals surface area contributed by atoms with E-state index in [1.165, 1.54) is 13.2 Å². The molecule has 0 fully saturated rings. The number of benzene rings is 1. The number of carbonyl (C=O) groups excluding carboxylic acids is 1. The van der Waals surface area contributed by atoms with Gasteiger partial charge in [-0.05, 0) is 0 Å². The Bertz CT molecular complexity index is 1230. The predicted molar refractivity (Wildman–Crippen MR) is 125 cm³/mol. The molecular weight excluding hydrogens is 566 g/mol. The first-order valence-corrected chi connectivity index (χ1v) is 13.7. The van der Waals surface area contributed by atoms with Crippen LogP contribution in [0.25, 0.3) is 11.3 Å². The van der Waals surface area contributed by atoms with Crippen LogP contribution < -0.4 is 41.7 Å². The van der Waals surface area contributed by atoms with Gasteiger partial charge in [0.1, 0.15) is 0 Å². The molecule has 186 valence electrons. The van der Waals surface area contributed by atoms with Crippen molar-refractivity contribution >= 4 is 17.3 Å². The van der Waals surface area contributed by atoms with E-state index in [1.807, 2.05) is 6.07 Å². The fourth-order valence-electron chi connectivity index (χ4n) is 4.30. The second-order valence-corrected chi connectivity index (χ2v) is 11.2. The second-order valence-electron chi connectivity index (χ2n) is 8.59. The summed E-state index contributed by atoms with van der Waals surface area (Å²) in [6, 6.07) is 6.50. The van der Waals surface area contributed by atoms with E-state index in [9.17, 15) is 9.18 Å². The summed E-state index contributed by atoms with van der Waals surface area (Å²) in [6.45, 7) is 3.94. The number of alkyl halides is 1. The summed E-state index contributed by atoms with van der Waals surface area (Å²) in [5.74, 6) is 0.464. The van der Waals surface area contributed by atoms with Crippen LogP contribution in [0, 0.1) is 11.7 Å². The third kappa shape index (κ3) is 4.81. The number of nitrogens with zero attached hydrogens (tertiary/aromatic N) is 1. The molecule has 4 heterocycles. The Balaban J connectivity index is 1.68. The summed E-state index contributed by atoms with van der Waals surface area (Å²) >= 11 is -0.679. The number of H-pyrrole nitrogens is 1. The summed E-state index contributed by atoms with van der Waals surface area (Å²) in [5, 5.41) is 6.30. The molecule has 0 spiro atoms. The van der Waals surface area contributed by atoms with Gasteiger partial charge in [-0.25, -0.2) is 0 Å². The number of rotatable bonds is 3. The monoisotopic (exact) mass is 593 g/mol. The van der Waals surface area contributed by atoms with Crippen molar-refractivity contribution < 1.29 is 43.3 Å². The Labute approximate surface area is 213 Å². The minimum absolute atomic E-state index is 0.0506. The van der Waals surface area contributed by atoms with Crippen LogP contribution in [0.5, 0.6) is 11.5 Å². The number of methoxy groups -OCH3 is 1. The molecule has 1 amide bonds. The number of para-hydroxylation sites is 1. The number of fused-ring (bicyclic) bond motifs is 3. The summed E-state index contributed by atoms with van der Waals surface area (Å²) < 4.78 is 32.1. The van der Waals surface area contributed by atoms with Crippen molar-refractivity contribution in [1.29, 1.82) is 0 Å². The third-order valence-corrected chi connectivity index (χ3v) is 8.70. The van der Waals surface area contributed by atoms with Gasteiger partial charge in [-0.3, -0.25) is 0 Å². The molecule has 3 aromatic rings. The van der Waals surface area contributed by atoms with Crippen LogP contribution in [-0.4, -0.2) is 42.7 Å². The number of hydrogen-bond donors (Lipinski definition) is 3. The summed E-state index contributed by atoms with van der Waals surface area (Å²) in [4.78, 5) is 20.9. The van der Waals surface area contributed by atoms with E-state index in [2.05, 4.69) is 27.5 Å². The van der Waals surface area contributed by atoms with Crippen LogP contribution in [0.4, 0.5) is 15.8 Å². The van der Waals surface area contributed by atoms with Gasteiger partial charge in [-0.15, -0.1) is 0 Å². The summed E-state index contributed by atoms with van der Waals surface area (Å²) in [7, 11) is 1.42. The zero-order chi connectivity index (χ0) is 24.4. The van der Waals surface area contributed by atoms with Gasteiger partial charge in [0.25, 0.3) is 0 Å². The number of ether oxygens (including phenoxy) is 2. The normalized spacial score (nSPS) is 20.4. The van der Waals surface area contributed by atoms with Crippen molar-refractivity contribution in [2.24, 2.45) is 5.92 Å². The van der Waals surface area contributed by atoms with Gasteiger partial charge < -0.3 is 0 Å². The van der Waals surface area contributed by atoms with E-state index >= 15 is 0 Å². The van der Waals surface area contributed by atoms with E-state index < -0.39 is 27.4 Å². The molecule has 0 radical (unpaired) electrons. The number of nitrogens with one attached hydrogen (secondary N) is 3. The van der Waals surface area contributed by atoms with E-state index in [0.29, 0.717) is 54.1 Å². The number of aromatic nitrogens is 2. The first-order chi connectivity index (χ1) is 17.1. The third-order valence-electron chi connectivity index (χ3n) is 6.22. The average molecular weight is 593 g/mol. The topological polar surface area (TPSA) is 97.5 Å². The molecule has 0 saturated carbocycles. The van der Waals surface area contributed by atoms with Crippen LogP contribution in [0.3, 0.4) is 0 Å². The molecular formula is C25H27FIN4O4-. The van der Waals surface area contributed by atoms with Crippen LogP contribution in [0.2, 0.25) is 0 Å². The SMILES string of the molecule is COc1c(F)cccc1Nc1c2[nH]c3c1C(=O)NCC3[I-]OCCC(C)CCOc1cnccc1-2. The van der Waals surface area contributed by atoms with E-state index in [4.69, 9.17) is 12.5 Å². The number of halogens is 2. The number of anilines is 2. The molecule has 0 aliphatic carbocycles. The maximum absolute atomic E-state index is 14.5.